The first-order valence-corrected chi connectivity index (χ1v) is 8.81. The molecule has 0 radical (unpaired) electrons. The first-order chi connectivity index (χ1) is 12.6. The van der Waals surface area contributed by atoms with E-state index in [1.807, 2.05) is 42.2 Å². The van der Waals surface area contributed by atoms with E-state index in [1.54, 1.807) is 4.68 Å². The number of carbonyl (C=O) groups excluding carboxylic acids is 1. The summed E-state index contributed by atoms with van der Waals surface area (Å²) >= 11 is 0. The fourth-order valence-corrected chi connectivity index (χ4v) is 3.41. The van der Waals surface area contributed by atoms with Gasteiger partial charge in [-0.3, -0.25) is 9.59 Å². The first-order valence-electron chi connectivity index (χ1n) is 8.81. The summed E-state index contributed by atoms with van der Waals surface area (Å²) in [6, 6.07) is 9.62. The molecule has 8 nitrogen and oxygen atoms in total. The minimum Gasteiger partial charge on any atom is -0.338 e. The number of amides is 1. The molecule has 0 aliphatic carbocycles. The molecule has 1 fully saturated rings. The molecule has 1 amide bonds. The van der Waals surface area contributed by atoms with Crippen molar-refractivity contribution in [1.82, 2.24) is 29.7 Å². The quantitative estimate of drug-likeness (QED) is 0.711. The van der Waals surface area contributed by atoms with Gasteiger partial charge >= 0.3 is 0 Å². The number of rotatable bonds is 3. The standard InChI is InChI=1S/C18H20N6O2/c1-13-7-5-6-10-22(13)16(25)12-23-18(26)15-11-19-24(17(15)20-21-23)14-8-3-2-4-9-14/h2-4,8-9,11,13H,5-7,10,12H2,1H3. The number of hydrogen-bond acceptors (Lipinski definition) is 5. The SMILES string of the molecule is CC1CCCCN1C(=O)Cn1nnc2c(cnn2-c2ccccc2)c1=O. The number of likely N-dealkylation sites (tertiary alicyclic amines) is 1. The first kappa shape index (κ1) is 16.4. The Bertz CT molecular complexity index is 994. The van der Waals surface area contributed by atoms with Gasteiger partial charge in [0.2, 0.25) is 5.91 Å². The second kappa shape index (κ2) is 6.70. The normalized spacial score (nSPS) is 17.6. The monoisotopic (exact) mass is 352 g/mol. The van der Waals surface area contributed by atoms with E-state index in [0.29, 0.717) is 11.0 Å². The van der Waals surface area contributed by atoms with Crippen LogP contribution in [0.1, 0.15) is 26.2 Å². The van der Waals surface area contributed by atoms with Gasteiger partial charge in [0.25, 0.3) is 5.56 Å². The van der Waals surface area contributed by atoms with Crippen molar-refractivity contribution in [2.24, 2.45) is 0 Å². The van der Waals surface area contributed by atoms with Crippen LogP contribution in [0, 0.1) is 0 Å². The summed E-state index contributed by atoms with van der Waals surface area (Å²) < 4.78 is 2.70. The van der Waals surface area contributed by atoms with Crippen LogP contribution in [-0.4, -0.2) is 48.2 Å². The molecule has 134 valence electrons. The molecule has 0 spiro atoms. The molecule has 1 aliphatic heterocycles. The molecule has 1 aromatic carbocycles. The number of carbonyl (C=O) groups is 1. The van der Waals surface area contributed by atoms with Gasteiger partial charge in [-0.1, -0.05) is 23.4 Å². The number of fused-ring (bicyclic) bond motifs is 1. The van der Waals surface area contributed by atoms with Crippen molar-refractivity contribution < 1.29 is 4.79 Å². The molecule has 3 heterocycles. The molecule has 0 saturated carbocycles. The van der Waals surface area contributed by atoms with Gasteiger partial charge in [0.05, 0.1) is 11.9 Å². The lowest BCUT2D eigenvalue weighted by Crippen LogP contribution is -2.45. The van der Waals surface area contributed by atoms with E-state index < -0.39 is 0 Å². The zero-order chi connectivity index (χ0) is 18.1. The molecule has 2 aromatic heterocycles. The summed E-state index contributed by atoms with van der Waals surface area (Å²) in [6.07, 6.45) is 4.61. The third-order valence-corrected chi connectivity index (χ3v) is 4.87. The van der Waals surface area contributed by atoms with Crippen LogP contribution in [-0.2, 0) is 11.3 Å². The van der Waals surface area contributed by atoms with Crippen molar-refractivity contribution in [1.29, 1.82) is 0 Å². The van der Waals surface area contributed by atoms with Crippen LogP contribution in [0.4, 0.5) is 0 Å². The zero-order valence-electron chi connectivity index (χ0n) is 14.6. The van der Waals surface area contributed by atoms with E-state index in [9.17, 15) is 9.59 Å². The van der Waals surface area contributed by atoms with Gasteiger partial charge in [-0.05, 0) is 38.3 Å². The number of benzene rings is 1. The number of aromatic nitrogens is 5. The van der Waals surface area contributed by atoms with E-state index in [0.717, 1.165) is 36.2 Å². The van der Waals surface area contributed by atoms with Crippen LogP contribution >= 0.6 is 0 Å². The number of nitrogens with zero attached hydrogens (tertiary/aromatic N) is 6. The van der Waals surface area contributed by atoms with Crippen molar-refractivity contribution in [3.05, 3.63) is 46.9 Å². The Morgan fingerprint density at radius 1 is 1.23 bits per heavy atom. The minimum atomic E-state index is -0.352. The Hall–Kier alpha value is -3.03. The van der Waals surface area contributed by atoms with Crippen molar-refractivity contribution in [2.45, 2.75) is 38.8 Å². The Kier molecular flexibility index (Phi) is 4.24. The lowest BCUT2D eigenvalue weighted by Gasteiger charge is -2.33. The van der Waals surface area contributed by atoms with Crippen molar-refractivity contribution in [2.75, 3.05) is 6.54 Å². The lowest BCUT2D eigenvalue weighted by atomic mass is 10.0. The second-order valence-corrected chi connectivity index (χ2v) is 6.61. The van der Waals surface area contributed by atoms with E-state index in [4.69, 9.17) is 0 Å². The van der Waals surface area contributed by atoms with E-state index >= 15 is 0 Å². The summed E-state index contributed by atoms with van der Waals surface area (Å²) in [5.41, 5.74) is 0.832. The van der Waals surface area contributed by atoms with Gasteiger partial charge < -0.3 is 4.90 Å². The van der Waals surface area contributed by atoms with Crippen molar-refractivity contribution in [3.8, 4) is 5.69 Å². The maximum absolute atomic E-state index is 12.7. The smallest absolute Gasteiger partial charge is 0.281 e. The molecule has 0 N–H and O–H groups in total. The highest BCUT2D eigenvalue weighted by Gasteiger charge is 2.24. The van der Waals surface area contributed by atoms with E-state index in [2.05, 4.69) is 15.4 Å². The Balaban J connectivity index is 1.64. The summed E-state index contributed by atoms with van der Waals surface area (Å²) in [5, 5.41) is 12.7. The maximum Gasteiger partial charge on any atom is 0.281 e. The van der Waals surface area contributed by atoms with Crippen LogP contribution in [0.25, 0.3) is 16.7 Å². The second-order valence-electron chi connectivity index (χ2n) is 6.61. The maximum atomic E-state index is 12.7. The van der Waals surface area contributed by atoms with Gasteiger partial charge in [0.15, 0.2) is 5.65 Å². The molecule has 4 rings (SSSR count). The predicted octanol–water partition coefficient (Wildman–Crippen LogP) is 1.38. The topological polar surface area (TPSA) is 85.9 Å². The Labute approximate surface area is 150 Å². The largest absolute Gasteiger partial charge is 0.338 e. The summed E-state index contributed by atoms with van der Waals surface area (Å²) in [6.45, 7) is 2.68. The van der Waals surface area contributed by atoms with Crippen LogP contribution in [0.2, 0.25) is 0 Å². The highest BCUT2D eigenvalue weighted by atomic mass is 16.2. The Morgan fingerprint density at radius 2 is 2.04 bits per heavy atom. The highest BCUT2D eigenvalue weighted by molar-refractivity contribution is 5.77. The van der Waals surface area contributed by atoms with E-state index in [-0.39, 0.29) is 24.1 Å². The molecular formula is C18H20N6O2. The molecule has 1 atom stereocenters. The zero-order valence-corrected chi connectivity index (χ0v) is 14.6. The van der Waals surface area contributed by atoms with Crippen LogP contribution in [0.3, 0.4) is 0 Å². The average Bonchev–Trinajstić information content (AvgIpc) is 3.10. The van der Waals surface area contributed by atoms with Gasteiger partial charge in [0, 0.05) is 12.6 Å². The number of hydrogen-bond donors (Lipinski definition) is 0. The molecular weight excluding hydrogens is 332 g/mol. The van der Waals surface area contributed by atoms with Crippen molar-refractivity contribution >= 4 is 16.9 Å². The molecule has 3 aromatic rings. The summed E-state index contributed by atoms with van der Waals surface area (Å²) in [7, 11) is 0. The fourth-order valence-electron chi connectivity index (χ4n) is 3.41. The highest BCUT2D eigenvalue weighted by Crippen LogP contribution is 2.17. The van der Waals surface area contributed by atoms with Crippen LogP contribution in [0.5, 0.6) is 0 Å². The third-order valence-electron chi connectivity index (χ3n) is 4.87. The average molecular weight is 352 g/mol. The van der Waals surface area contributed by atoms with Gasteiger partial charge in [0.1, 0.15) is 11.9 Å². The van der Waals surface area contributed by atoms with Crippen LogP contribution in [0.15, 0.2) is 41.3 Å². The van der Waals surface area contributed by atoms with Crippen molar-refractivity contribution in [3.63, 3.8) is 0 Å². The minimum absolute atomic E-state index is 0.0941. The fraction of sp³-hybridized carbons (Fsp3) is 0.389. The molecule has 8 heteroatoms. The molecule has 1 saturated heterocycles. The van der Waals surface area contributed by atoms with Crippen LogP contribution < -0.4 is 5.56 Å². The Morgan fingerprint density at radius 3 is 2.81 bits per heavy atom. The third kappa shape index (κ3) is 2.87. The number of piperidine rings is 1. The molecule has 1 aliphatic rings. The van der Waals surface area contributed by atoms with E-state index in [1.165, 1.54) is 6.20 Å². The molecule has 1 unspecified atom stereocenters. The predicted molar refractivity (Wildman–Crippen MR) is 95.9 cm³/mol. The molecule has 26 heavy (non-hydrogen) atoms. The van der Waals surface area contributed by atoms with Gasteiger partial charge in [-0.2, -0.15) is 5.10 Å². The van der Waals surface area contributed by atoms with Gasteiger partial charge in [-0.25, -0.2) is 9.36 Å². The van der Waals surface area contributed by atoms with Gasteiger partial charge in [-0.15, -0.1) is 5.10 Å². The summed E-state index contributed by atoms with van der Waals surface area (Å²) in [4.78, 5) is 27.1. The molecule has 0 bridgehead atoms. The summed E-state index contributed by atoms with van der Waals surface area (Å²) in [5.74, 6) is -0.0941. The number of para-hydroxylation sites is 1. The lowest BCUT2D eigenvalue weighted by molar-refractivity contribution is -0.135.